The minimum atomic E-state index is -0.542. The van der Waals surface area contributed by atoms with E-state index < -0.39 is 4.92 Å². The molecule has 0 spiro atoms. The predicted molar refractivity (Wildman–Crippen MR) is 83.4 cm³/mol. The smallest absolute Gasteiger partial charge is 0.288 e. The molecular formula is C14H10Cl2N2O3. The number of hydrogen-bond donors (Lipinski definition) is 0. The lowest BCUT2D eigenvalue weighted by Gasteiger charge is -2.04. The maximum atomic E-state index is 10.8. The van der Waals surface area contributed by atoms with Gasteiger partial charge in [-0.3, -0.25) is 15.1 Å². The van der Waals surface area contributed by atoms with E-state index >= 15 is 0 Å². The van der Waals surface area contributed by atoms with E-state index in [1.165, 1.54) is 25.5 Å². The SMILES string of the molecule is COc1ccc(Cl)cc1N=Cc1ccc(Cl)c([N+](=O)[O-])c1. The van der Waals surface area contributed by atoms with Gasteiger partial charge in [0.1, 0.15) is 16.5 Å². The lowest BCUT2D eigenvalue weighted by Crippen LogP contribution is -1.91. The summed E-state index contributed by atoms with van der Waals surface area (Å²) in [7, 11) is 1.52. The number of nitro benzene ring substituents is 1. The summed E-state index contributed by atoms with van der Waals surface area (Å²) in [5, 5.41) is 11.4. The molecule has 108 valence electrons. The van der Waals surface area contributed by atoms with Gasteiger partial charge in [-0.25, -0.2) is 0 Å². The highest BCUT2D eigenvalue weighted by atomic mass is 35.5. The zero-order valence-electron chi connectivity index (χ0n) is 10.9. The first-order chi connectivity index (χ1) is 10.0. The molecule has 2 rings (SSSR count). The standard InChI is InChI=1S/C14H10Cl2N2O3/c1-21-14-5-3-10(15)7-12(14)17-8-9-2-4-11(16)13(6-9)18(19)20/h2-8H,1H3. The first-order valence-corrected chi connectivity index (χ1v) is 6.58. The van der Waals surface area contributed by atoms with Gasteiger partial charge in [0, 0.05) is 17.3 Å². The number of hydrogen-bond acceptors (Lipinski definition) is 4. The Hall–Kier alpha value is -2.11. The van der Waals surface area contributed by atoms with Crippen LogP contribution in [0, 0.1) is 10.1 Å². The van der Waals surface area contributed by atoms with Crippen LogP contribution < -0.4 is 4.74 Å². The van der Waals surface area contributed by atoms with Gasteiger partial charge in [-0.2, -0.15) is 0 Å². The van der Waals surface area contributed by atoms with Gasteiger partial charge < -0.3 is 4.74 Å². The third kappa shape index (κ3) is 3.71. The number of nitrogens with zero attached hydrogens (tertiary/aromatic N) is 2. The molecule has 0 heterocycles. The summed E-state index contributed by atoms with van der Waals surface area (Å²) >= 11 is 11.7. The van der Waals surface area contributed by atoms with E-state index in [9.17, 15) is 10.1 Å². The van der Waals surface area contributed by atoms with Gasteiger partial charge in [0.25, 0.3) is 5.69 Å². The van der Waals surface area contributed by atoms with Gasteiger partial charge in [0.05, 0.1) is 12.0 Å². The van der Waals surface area contributed by atoms with Crippen LogP contribution in [-0.4, -0.2) is 18.2 Å². The van der Waals surface area contributed by atoms with Crippen LogP contribution in [0.5, 0.6) is 5.75 Å². The summed E-state index contributed by atoms with van der Waals surface area (Å²) in [6.45, 7) is 0. The van der Waals surface area contributed by atoms with Crippen molar-refractivity contribution in [2.45, 2.75) is 0 Å². The van der Waals surface area contributed by atoms with Crippen molar-refractivity contribution in [3.63, 3.8) is 0 Å². The maximum Gasteiger partial charge on any atom is 0.288 e. The summed E-state index contributed by atoms with van der Waals surface area (Å²) in [4.78, 5) is 14.5. The van der Waals surface area contributed by atoms with Crippen molar-refractivity contribution in [2.75, 3.05) is 7.11 Å². The number of methoxy groups -OCH3 is 1. The third-order valence-electron chi connectivity index (χ3n) is 2.66. The summed E-state index contributed by atoms with van der Waals surface area (Å²) in [6.07, 6.45) is 1.48. The fourth-order valence-corrected chi connectivity index (χ4v) is 2.01. The van der Waals surface area contributed by atoms with Gasteiger partial charge in [0.15, 0.2) is 0 Å². The molecule has 0 radical (unpaired) electrons. The first kappa shape index (κ1) is 15.3. The molecule has 0 saturated heterocycles. The number of nitro groups is 1. The van der Waals surface area contributed by atoms with Crippen molar-refractivity contribution in [1.29, 1.82) is 0 Å². The molecule has 0 atom stereocenters. The lowest BCUT2D eigenvalue weighted by atomic mass is 10.2. The highest BCUT2D eigenvalue weighted by molar-refractivity contribution is 6.32. The molecule has 0 saturated carbocycles. The van der Waals surface area contributed by atoms with Crippen molar-refractivity contribution < 1.29 is 9.66 Å². The van der Waals surface area contributed by atoms with E-state index in [2.05, 4.69) is 4.99 Å². The Morgan fingerprint density at radius 3 is 2.67 bits per heavy atom. The minimum Gasteiger partial charge on any atom is -0.494 e. The van der Waals surface area contributed by atoms with Gasteiger partial charge in [0.2, 0.25) is 0 Å². The largest absolute Gasteiger partial charge is 0.494 e. The summed E-state index contributed by atoms with van der Waals surface area (Å²) in [6, 6.07) is 9.46. The number of aliphatic imine (C=N–C) groups is 1. The van der Waals surface area contributed by atoms with Crippen LogP contribution in [0.2, 0.25) is 10.0 Å². The Morgan fingerprint density at radius 1 is 1.24 bits per heavy atom. The molecule has 0 N–H and O–H groups in total. The zero-order chi connectivity index (χ0) is 15.4. The van der Waals surface area contributed by atoms with Gasteiger partial charge in [-0.15, -0.1) is 0 Å². The molecule has 0 aromatic heterocycles. The molecule has 0 unspecified atom stereocenters. The fraction of sp³-hybridized carbons (Fsp3) is 0.0714. The summed E-state index contributed by atoms with van der Waals surface area (Å²) in [5.41, 5.74) is 0.911. The normalized spacial score (nSPS) is 10.8. The Balaban J connectivity index is 2.36. The number of halogens is 2. The van der Waals surface area contributed by atoms with Crippen LogP contribution in [0.15, 0.2) is 41.4 Å². The molecule has 5 nitrogen and oxygen atoms in total. The van der Waals surface area contributed by atoms with E-state index in [1.54, 1.807) is 24.3 Å². The second kappa shape index (κ2) is 6.56. The van der Waals surface area contributed by atoms with E-state index in [1.807, 2.05) is 0 Å². The highest BCUT2D eigenvalue weighted by Gasteiger charge is 2.12. The molecule has 0 aliphatic rings. The van der Waals surface area contributed by atoms with Crippen LogP contribution >= 0.6 is 23.2 Å². The van der Waals surface area contributed by atoms with E-state index in [0.29, 0.717) is 22.0 Å². The first-order valence-electron chi connectivity index (χ1n) is 5.83. The molecule has 21 heavy (non-hydrogen) atoms. The van der Waals surface area contributed by atoms with E-state index in [-0.39, 0.29) is 10.7 Å². The topological polar surface area (TPSA) is 64.7 Å². The van der Waals surface area contributed by atoms with Crippen molar-refractivity contribution in [3.8, 4) is 5.75 Å². The van der Waals surface area contributed by atoms with Gasteiger partial charge >= 0.3 is 0 Å². The van der Waals surface area contributed by atoms with E-state index in [4.69, 9.17) is 27.9 Å². The Bertz CT molecular complexity index is 717. The fourth-order valence-electron chi connectivity index (χ4n) is 1.66. The van der Waals surface area contributed by atoms with Gasteiger partial charge in [-0.05, 0) is 29.8 Å². The van der Waals surface area contributed by atoms with Crippen LogP contribution in [-0.2, 0) is 0 Å². The second-order valence-corrected chi connectivity index (χ2v) is 4.89. The number of rotatable bonds is 4. The van der Waals surface area contributed by atoms with Crippen molar-refractivity contribution >= 4 is 40.8 Å². The molecule has 0 aliphatic carbocycles. The third-order valence-corrected chi connectivity index (χ3v) is 3.22. The number of ether oxygens (including phenoxy) is 1. The second-order valence-electron chi connectivity index (χ2n) is 4.04. The van der Waals surface area contributed by atoms with Gasteiger partial charge in [-0.1, -0.05) is 29.3 Å². The van der Waals surface area contributed by atoms with Crippen molar-refractivity contribution in [2.24, 2.45) is 4.99 Å². The average molecular weight is 325 g/mol. The Morgan fingerprint density at radius 2 is 2.00 bits per heavy atom. The highest BCUT2D eigenvalue weighted by Crippen LogP contribution is 2.30. The molecular weight excluding hydrogens is 315 g/mol. The predicted octanol–water partition coefficient (Wildman–Crippen LogP) is 4.66. The summed E-state index contributed by atoms with van der Waals surface area (Å²) < 4.78 is 5.17. The van der Waals surface area contributed by atoms with Crippen LogP contribution in [0.4, 0.5) is 11.4 Å². The van der Waals surface area contributed by atoms with Crippen molar-refractivity contribution in [3.05, 3.63) is 62.1 Å². The Kier molecular flexibility index (Phi) is 4.77. The average Bonchev–Trinajstić information content (AvgIpc) is 2.46. The van der Waals surface area contributed by atoms with Crippen LogP contribution in [0.25, 0.3) is 0 Å². The van der Waals surface area contributed by atoms with E-state index in [0.717, 1.165) is 0 Å². The Labute approximate surface area is 130 Å². The van der Waals surface area contributed by atoms with Crippen molar-refractivity contribution in [1.82, 2.24) is 0 Å². The molecule has 0 fully saturated rings. The zero-order valence-corrected chi connectivity index (χ0v) is 12.4. The molecule has 2 aromatic carbocycles. The minimum absolute atomic E-state index is 0.0810. The molecule has 7 heteroatoms. The molecule has 0 bridgehead atoms. The molecule has 0 amide bonds. The molecule has 0 aliphatic heterocycles. The quantitative estimate of drug-likeness (QED) is 0.466. The van der Waals surface area contributed by atoms with Crippen LogP contribution in [0.1, 0.15) is 5.56 Å². The maximum absolute atomic E-state index is 10.8. The lowest BCUT2D eigenvalue weighted by molar-refractivity contribution is -0.384. The van der Waals surface area contributed by atoms with Crippen LogP contribution in [0.3, 0.4) is 0 Å². The summed E-state index contributed by atoms with van der Waals surface area (Å²) in [5.74, 6) is 0.555. The number of benzene rings is 2. The monoisotopic (exact) mass is 324 g/mol. The molecule has 2 aromatic rings.